The Labute approximate surface area is 165 Å². The highest BCUT2D eigenvalue weighted by Gasteiger charge is 2.37. The van der Waals surface area contributed by atoms with Crippen molar-refractivity contribution in [3.63, 3.8) is 0 Å². The number of hydrogen-bond donors (Lipinski definition) is 2. The van der Waals surface area contributed by atoms with E-state index in [1.165, 1.54) is 23.3 Å². The molecule has 0 radical (unpaired) electrons. The molecule has 0 bridgehead atoms. The standard InChI is InChI=1S/C22H28N2O2S/c1-5-22(2,3)14-9-10-16-17(12-14)27-21-18(16)20(25)23-19(24-21)13-7-6-8-15(11-13)26-4/h6-8,11,14,19,24H,5,9-10,12H2,1-4H3,(H,23,25)/t14-,19-/m0/s1. The average molecular weight is 385 g/mol. The molecule has 1 aromatic heterocycles. The molecule has 2 atom stereocenters. The first kappa shape index (κ1) is 18.4. The average Bonchev–Trinajstić information content (AvgIpc) is 3.06. The number of amides is 1. The molecule has 1 amide bonds. The van der Waals surface area contributed by atoms with E-state index in [2.05, 4.69) is 31.4 Å². The van der Waals surface area contributed by atoms with Gasteiger partial charge in [0.25, 0.3) is 5.91 Å². The summed E-state index contributed by atoms with van der Waals surface area (Å²) in [5.74, 6) is 1.53. The molecule has 0 spiro atoms. The van der Waals surface area contributed by atoms with Gasteiger partial charge in [0.15, 0.2) is 0 Å². The van der Waals surface area contributed by atoms with Crippen molar-refractivity contribution in [2.45, 2.75) is 52.6 Å². The Kier molecular flexibility index (Phi) is 4.66. The Morgan fingerprint density at radius 2 is 2.11 bits per heavy atom. The summed E-state index contributed by atoms with van der Waals surface area (Å²) >= 11 is 1.78. The van der Waals surface area contributed by atoms with Crippen LogP contribution in [0.1, 0.15) is 66.1 Å². The number of rotatable bonds is 4. The van der Waals surface area contributed by atoms with Crippen LogP contribution in [0.15, 0.2) is 24.3 Å². The van der Waals surface area contributed by atoms with Gasteiger partial charge in [-0.1, -0.05) is 39.3 Å². The van der Waals surface area contributed by atoms with Crippen molar-refractivity contribution in [3.8, 4) is 5.75 Å². The summed E-state index contributed by atoms with van der Waals surface area (Å²) in [6.07, 6.45) is 4.24. The summed E-state index contributed by atoms with van der Waals surface area (Å²) in [6, 6.07) is 7.85. The summed E-state index contributed by atoms with van der Waals surface area (Å²) in [6.45, 7) is 7.03. The lowest BCUT2D eigenvalue weighted by Gasteiger charge is -2.36. The molecule has 0 fully saturated rings. The molecule has 4 rings (SSSR count). The molecule has 0 unspecified atom stereocenters. The molecule has 1 aliphatic carbocycles. The Balaban J connectivity index is 1.63. The third-order valence-corrected chi connectivity index (χ3v) is 7.67. The van der Waals surface area contributed by atoms with Crippen molar-refractivity contribution in [1.29, 1.82) is 0 Å². The van der Waals surface area contributed by atoms with Crippen molar-refractivity contribution in [2.75, 3.05) is 12.4 Å². The number of thiophene rings is 1. The molecule has 0 saturated heterocycles. The number of benzene rings is 1. The van der Waals surface area contributed by atoms with Crippen LogP contribution in [0.25, 0.3) is 0 Å². The van der Waals surface area contributed by atoms with Gasteiger partial charge in [-0.3, -0.25) is 4.79 Å². The number of methoxy groups -OCH3 is 1. The topological polar surface area (TPSA) is 50.4 Å². The highest BCUT2D eigenvalue weighted by atomic mass is 32.1. The lowest BCUT2D eigenvalue weighted by molar-refractivity contribution is 0.0934. The van der Waals surface area contributed by atoms with E-state index < -0.39 is 0 Å². The largest absolute Gasteiger partial charge is 0.497 e. The van der Waals surface area contributed by atoms with Gasteiger partial charge >= 0.3 is 0 Å². The van der Waals surface area contributed by atoms with Crippen LogP contribution in [-0.4, -0.2) is 13.0 Å². The first-order chi connectivity index (χ1) is 12.9. The summed E-state index contributed by atoms with van der Waals surface area (Å²) < 4.78 is 5.32. The second-order valence-electron chi connectivity index (χ2n) is 8.32. The minimum Gasteiger partial charge on any atom is -0.497 e. The first-order valence-electron chi connectivity index (χ1n) is 9.79. The van der Waals surface area contributed by atoms with E-state index in [1.54, 1.807) is 18.4 Å². The Hall–Kier alpha value is -2.01. The van der Waals surface area contributed by atoms with Crippen molar-refractivity contribution in [3.05, 3.63) is 45.8 Å². The van der Waals surface area contributed by atoms with Crippen LogP contribution in [-0.2, 0) is 12.8 Å². The maximum Gasteiger partial charge on any atom is 0.256 e. The smallest absolute Gasteiger partial charge is 0.256 e. The molecule has 2 aliphatic rings. The highest BCUT2D eigenvalue weighted by Crippen LogP contribution is 2.47. The summed E-state index contributed by atoms with van der Waals surface area (Å²) in [7, 11) is 1.66. The lowest BCUT2D eigenvalue weighted by atomic mass is 9.69. The fraction of sp³-hybridized carbons (Fsp3) is 0.500. The van der Waals surface area contributed by atoms with Crippen molar-refractivity contribution in [2.24, 2.45) is 11.3 Å². The normalized spacial score (nSPS) is 21.7. The summed E-state index contributed by atoms with van der Waals surface area (Å²) in [5, 5.41) is 7.70. The Morgan fingerprint density at radius 3 is 2.85 bits per heavy atom. The number of fused-ring (bicyclic) bond motifs is 3. The molecule has 2 N–H and O–H groups in total. The van der Waals surface area contributed by atoms with E-state index >= 15 is 0 Å². The number of carbonyl (C=O) groups excluding carboxylic acids is 1. The number of hydrogen-bond acceptors (Lipinski definition) is 4. The summed E-state index contributed by atoms with van der Waals surface area (Å²) in [5.41, 5.74) is 3.50. The molecule has 2 heterocycles. The molecule has 2 aromatic rings. The van der Waals surface area contributed by atoms with Crippen LogP contribution in [0, 0.1) is 11.3 Å². The van der Waals surface area contributed by atoms with E-state index in [0.717, 1.165) is 34.7 Å². The molecule has 1 aromatic carbocycles. The van der Waals surface area contributed by atoms with Crippen LogP contribution < -0.4 is 15.4 Å². The maximum absolute atomic E-state index is 12.9. The van der Waals surface area contributed by atoms with Gasteiger partial charge < -0.3 is 15.4 Å². The molecular weight excluding hydrogens is 356 g/mol. The molecular formula is C22H28N2O2S. The predicted molar refractivity (Wildman–Crippen MR) is 111 cm³/mol. The van der Waals surface area contributed by atoms with Gasteiger partial charge in [-0.05, 0) is 53.9 Å². The van der Waals surface area contributed by atoms with E-state index in [4.69, 9.17) is 4.74 Å². The molecule has 144 valence electrons. The van der Waals surface area contributed by atoms with Gasteiger partial charge in [-0.25, -0.2) is 0 Å². The number of nitrogens with one attached hydrogen (secondary N) is 2. The summed E-state index contributed by atoms with van der Waals surface area (Å²) in [4.78, 5) is 14.3. The van der Waals surface area contributed by atoms with Crippen LogP contribution in [0.5, 0.6) is 5.75 Å². The lowest BCUT2D eigenvalue weighted by Crippen LogP contribution is -2.38. The second-order valence-corrected chi connectivity index (χ2v) is 9.42. The third kappa shape index (κ3) is 3.22. The predicted octanol–water partition coefficient (Wildman–Crippen LogP) is 5.15. The van der Waals surface area contributed by atoms with Crippen LogP contribution in [0.2, 0.25) is 0 Å². The van der Waals surface area contributed by atoms with Crippen molar-refractivity contribution < 1.29 is 9.53 Å². The minimum atomic E-state index is -0.219. The van der Waals surface area contributed by atoms with Gasteiger partial charge in [0.05, 0.1) is 12.7 Å². The highest BCUT2D eigenvalue weighted by molar-refractivity contribution is 7.16. The fourth-order valence-electron chi connectivity index (χ4n) is 4.24. The molecule has 27 heavy (non-hydrogen) atoms. The molecule has 0 saturated carbocycles. The number of carbonyl (C=O) groups is 1. The zero-order valence-corrected chi connectivity index (χ0v) is 17.3. The van der Waals surface area contributed by atoms with Gasteiger partial charge in [0.2, 0.25) is 0 Å². The van der Waals surface area contributed by atoms with Gasteiger partial charge in [0, 0.05) is 4.88 Å². The zero-order chi connectivity index (χ0) is 19.2. The quantitative estimate of drug-likeness (QED) is 0.766. The number of anilines is 1. The minimum absolute atomic E-state index is 0.0438. The van der Waals surface area contributed by atoms with E-state index in [1.807, 2.05) is 24.3 Å². The van der Waals surface area contributed by atoms with E-state index in [-0.39, 0.29) is 12.1 Å². The van der Waals surface area contributed by atoms with Crippen LogP contribution in [0.4, 0.5) is 5.00 Å². The van der Waals surface area contributed by atoms with E-state index in [9.17, 15) is 4.79 Å². The Morgan fingerprint density at radius 1 is 1.30 bits per heavy atom. The fourth-order valence-corrected chi connectivity index (χ4v) is 5.59. The maximum atomic E-state index is 12.9. The second kappa shape index (κ2) is 6.86. The molecule has 4 nitrogen and oxygen atoms in total. The van der Waals surface area contributed by atoms with Crippen molar-refractivity contribution >= 4 is 22.2 Å². The van der Waals surface area contributed by atoms with Crippen LogP contribution in [0.3, 0.4) is 0 Å². The molecule has 5 heteroatoms. The van der Waals surface area contributed by atoms with Crippen LogP contribution >= 0.6 is 11.3 Å². The van der Waals surface area contributed by atoms with E-state index in [0.29, 0.717) is 11.3 Å². The van der Waals surface area contributed by atoms with Gasteiger partial charge in [-0.2, -0.15) is 0 Å². The van der Waals surface area contributed by atoms with Gasteiger partial charge in [0.1, 0.15) is 16.9 Å². The molecule has 1 aliphatic heterocycles. The number of ether oxygens (including phenoxy) is 1. The van der Waals surface area contributed by atoms with Gasteiger partial charge in [-0.15, -0.1) is 11.3 Å². The SMILES string of the molecule is CCC(C)(C)[C@H]1CCc2c(sc3c2C(=O)N[C@H](c2cccc(OC)c2)N3)C1. The first-order valence-corrected chi connectivity index (χ1v) is 10.6. The Bertz CT molecular complexity index is 871. The monoisotopic (exact) mass is 384 g/mol. The van der Waals surface area contributed by atoms with Crippen molar-refractivity contribution in [1.82, 2.24) is 5.32 Å². The third-order valence-electron chi connectivity index (χ3n) is 6.49. The zero-order valence-electron chi connectivity index (χ0n) is 16.5.